The molecule has 0 aliphatic rings. The molecule has 2 N–H and O–H groups in total. The fourth-order valence-electron chi connectivity index (χ4n) is 1.78. The Kier molecular flexibility index (Phi) is 2.04. The SMILES string of the molecule is Cn1ncc2nc(-c3ccccc3)c(N)nc21. The van der Waals surface area contributed by atoms with Gasteiger partial charge in [0.2, 0.25) is 0 Å². The number of aryl methyl sites for hydroxylation is 1. The number of fused-ring (bicyclic) bond motifs is 1. The molecule has 0 fully saturated rings. The van der Waals surface area contributed by atoms with Crippen molar-refractivity contribution in [2.45, 2.75) is 0 Å². The van der Waals surface area contributed by atoms with Gasteiger partial charge in [-0.05, 0) is 0 Å². The normalized spacial score (nSPS) is 10.9. The first-order valence-electron chi connectivity index (χ1n) is 5.26. The van der Waals surface area contributed by atoms with Crippen molar-refractivity contribution in [3.63, 3.8) is 0 Å². The Hall–Kier alpha value is -2.43. The van der Waals surface area contributed by atoms with Crippen LogP contribution in [0.5, 0.6) is 0 Å². The van der Waals surface area contributed by atoms with Crippen LogP contribution in [0.15, 0.2) is 36.5 Å². The summed E-state index contributed by atoms with van der Waals surface area (Å²) in [5, 5.41) is 4.11. The van der Waals surface area contributed by atoms with E-state index >= 15 is 0 Å². The topological polar surface area (TPSA) is 69.6 Å². The molecule has 0 bridgehead atoms. The summed E-state index contributed by atoms with van der Waals surface area (Å²) in [4.78, 5) is 8.82. The number of nitrogens with two attached hydrogens (primary N) is 1. The maximum absolute atomic E-state index is 5.93. The first-order chi connectivity index (χ1) is 8.25. The van der Waals surface area contributed by atoms with Gasteiger partial charge in [-0.1, -0.05) is 30.3 Å². The van der Waals surface area contributed by atoms with Gasteiger partial charge >= 0.3 is 0 Å². The summed E-state index contributed by atoms with van der Waals surface area (Å²) in [5.74, 6) is 0.423. The molecule has 17 heavy (non-hydrogen) atoms. The van der Waals surface area contributed by atoms with Gasteiger partial charge in [0.25, 0.3) is 0 Å². The van der Waals surface area contributed by atoms with E-state index in [1.807, 2.05) is 37.4 Å². The Morgan fingerprint density at radius 3 is 2.65 bits per heavy atom. The standard InChI is InChI=1S/C12H11N5/c1-17-12-9(7-14-17)15-10(11(13)16-12)8-5-3-2-4-6-8/h2-7H,1H3,(H2,13,16). The molecule has 3 aromatic rings. The van der Waals surface area contributed by atoms with E-state index in [-0.39, 0.29) is 0 Å². The summed E-state index contributed by atoms with van der Waals surface area (Å²) >= 11 is 0. The minimum Gasteiger partial charge on any atom is -0.382 e. The maximum Gasteiger partial charge on any atom is 0.178 e. The molecule has 0 saturated heterocycles. The van der Waals surface area contributed by atoms with Crippen LogP contribution in [0, 0.1) is 0 Å². The van der Waals surface area contributed by atoms with Crippen LogP contribution >= 0.6 is 0 Å². The summed E-state index contributed by atoms with van der Waals surface area (Å²) in [5.41, 5.74) is 9.04. The van der Waals surface area contributed by atoms with Gasteiger partial charge in [-0.15, -0.1) is 0 Å². The molecule has 0 radical (unpaired) electrons. The van der Waals surface area contributed by atoms with Crippen LogP contribution in [0.3, 0.4) is 0 Å². The number of rotatable bonds is 1. The molecule has 0 spiro atoms. The van der Waals surface area contributed by atoms with E-state index in [1.54, 1.807) is 10.9 Å². The van der Waals surface area contributed by atoms with Crippen molar-refractivity contribution in [2.24, 2.45) is 7.05 Å². The first-order valence-corrected chi connectivity index (χ1v) is 5.26. The van der Waals surface area contributed by atoms with Crippen LogP contribution in [0.2, 0.25) is 0 Å². The Morgan fingerprint density at radius 2 is 1.88 bits per heavy atom. The molecule has 0 saturated carbocycles. The zero-order chi connectivity index (χ0) is 11.8. The van der Waals surface area contributed by atoms with Gasteiger partial charge < -0.3 is 5.73 Å². The van der Waals surface area contributed by atoms with Gasteiger partial charge in [-0.2, -0.15) is 5.10 Å². The van der Waals surface area contributed by atoms with Crippen LogP contribution in [0.25, 0.3) is 22.4 Å². The highest BCUT2D eigenvalue weighted by molar-refractivity contribution is 5.79. The lowest BCUT2D eigenvalue weighted by atomic mass is 10.1. The Morgan fingerprint density at radius 1 is 1.12 bits per heavy atom. The lowest BCUT2D eigenvalue weighted by molar-refractivity contribution is 0.787. The van der Waals surface area contributed by atoms with Gasteiger partial charge in [-0.25, -0.2) is 14.6 Å². The molecule has 0 aliphatic carbocycles. The van der Waals surface area contributed by atoms with Crippen molar-refractivity contribution >= 4 is 17.0 Å². The van der Waals surface area contributed by atoms with Crippen molar-refractivity contribution in [2.75, 3.05) is 5.73 Å². The average molecular weight is 225 g/mol. The third kappa shape index (κ3) is 1.52. The van der Waals surface area contributed by atoms with Gasteiger partial charge in [0, 0.05) is 12.6 Å². The number of hydrogen-bond donors (Lipinski definition) is 1. The molecule has 0 atom stereocenters. The monoisotopic (exact) mass is 225 g/mol. The first kappa shape index (κ1) is 9.77. The van der Waals surface area contributed by atoms with E-state index in [9.17, 15) is 0 Å². The average Bonchev–Trinajstić information content (AvgIpc) is 2.71. The summed E-state index contributed by atoms with van der Waals surface area (Å²) < 4.78 is 1.66. The van der Waals surface area contributed by atoms with Crippen molar-refractivity contribution < 1.29 is 0 Å². The highest BCUT2D eigenvalue weighted by Gasteiger charge is 2.10. The maximum atomic E-state index is 5.93. The molecule has 3 rings (SSSR count). The molecule has 5 nitrogen and oxygen atoms in total. The third-order valence-corrected chi connectivity index (χ3v) is 2.64. The Balaban J connectivity index is 2.27. The molecule has 84 valence electrons. The molecule has 1 aromatic carbocycles. The van der Waals surface area contributed by atoms with E-state index in [2.05, 4.69) is 15.1 Å². The fourth-order valence-corrected chi connectivity index (χ4v) is 1.78. The zero-order valence-corrected chi connectivity index (χ0v) is 9.33. The Labute approximate surface area is 97.9 Å². The number of anilines is 1. The number of hydrogen-bond acceptors (Lipinski definition) is 4. The molecular formula is C12H11N5. The van der Waals surface area contributed by atoms with E-state index in [4.69, 9.17) is 5.73 Å². The predicted molar refractivity (Wildman–Crippen MR) is 66.2 cm³/mol. The Bertz CT molecular complexity index is 672. The summed E-state index contributed by atoms with van der Waals surface area (Å²) in [6, 6.07) is 9.77. The van der Waals surface area contributed by atoms with Crippen LogP contribution in [-0.4, -0.2) is 19.7 Å². The van der Waals surface area contributed by atoms with Crippen LogP contribution in [0.1, 0.15) is 0 Å². The highest BCUT2D eigenvalue weighted by atomic mass is 15.3. The summed E-state index contributed by atoms with van der Waals surface area (Å²) in [7, 11) is 1.82. The molecule has 0 aliphatic heterocycles. The minimum atomic E-state index is 0.423. The van der Waals surface area contributed by atoms with Crippen LogP contribution in [-0.2, 0) is 7.05 Å². The second-order valence-corrected chi connectivity index (χ2v) is 3.80. The second-order valence-electron chi connectivity index (χ2n) is 3.80. The molecule has 0 amide bonds. The number of aromatic nitrogens is 4. The smallest absolute Gasteiger partial charge is 0.178 e. The van der Waals surface area contributed by atoms with Crippen molar-refractivity contribution in [3.05, 3.63) is 36.5 Å². The highest BCUT2D eigenvalue weighted by Crippen LogP contribution is 2.24. The predicted octanol–water partition coefficient (Wildman–Crippen LogP) is 1.61. The van der Waals surface area contributed by atoms with E-state index in [0.29, 0.717) is 17.2 Å². The lowest BCUT2D eigenvalue weighted by Crippen LogP contribution is -2.00. The van der Waals surface area contributed by atoms with Crippen molar-refractivity contribution in [3.8, 4) is 11.3 Å². The molecule has 2 aromatic heterocycles. The van der Waals surface area contributed by atoms with Gasteiger partial charge in [-0.3, -0.25) is 0 Å². The van der Waals surface area contributed by atoms with E-state index in [1.165, 1.54) is 0 Å². The molecular weight excluding hydrogens is 214 g/mol. The van der Waals surface area contributed by atoms with Crippen LogP contribution in [0.4, 0.5) is 5.82 Å². The number of nitrogens with zero attached hydrogens (tertiary/aromatic N) is 4. The number of nitrogen functional groups attached to an aromatic ring is 1. The minimum absolute atomic E-state index is 0.423. The summed E-state index contributed by atoms with van der Waals surface area (Å²) in [6.07, 6.45) is 1.69. The molecule has 2 heterocycles. The third-order valence-electron chi connectivity index (χ3n) is 2.64. The number of benzene rings is 1. The fraction of sp³-hybridized carbons (Fsp3) is 0.0833. The molecule has 5 heteroatoms. The lowest BCUT2D eigenvalue weighted by Gasteiger charge is -2.04. The quantitative estimate of drug-likeness (QED) is 0.683. The molecule has 0 unspecified atom stereocenters. The van der Waals surface area contributed by atoms with Crippen molar-refractivity contribution in [1.29, 1.82) is 0 Å². The second kappa shape index (κ2) is 3.55. The van der Waals surface area contributed by atoms with Crippen LogP contribution < -0.4 is 5.73 Å². The zero-order valence-electron chi connectivity index (χ0n) is 9.33. The summed E-state index contributed by atoms with van der Waals surface area (Å²) in [6.45, 7) is 0. The van der Waals surface area contributed by atoms with E-state index in [0.717, 1.165) is 11.1 Å². The van der Waals surface area contributed by atoms with E-state index < -0.39 is 0 Å². The van der Waals surface area contributed by atoms with Gasteiger partial charge in [0.1, 0.15) is 11.2 Å². The van der Waals surface area contributed by atoms with Crippen molar-refractivity contribution in [1.82, 2.24) is 19.7 Å². The van der Waals surface area contributed by atoms with Gasteiger partial charge in [0.15, 0.2) is 11.5 Å². The van der Waals surface area contributed by atoms with Gasteiger partial charge in [0.05, 0.1) is 6.20 Å². The largest absolute Gasteiger partial charge is 0.382 e.